The van der Waals surface area contributed by atoms with Gasteiger partial charge in [-0.15, -0.1) is 0 Å². The summed E-state index contributed by atoms with van der Waals surface area (Å²) in [6.45, 7) is 2.49. The van der Waals surface area contributed by atoms with E-state index in [1.54, 1.807) is 0 Å². The van der Waals surface area contributed by atoms with Gasteiger partial charge in [-0.25, -0.2) is 0 Å². The van der Waals surface area contributed by atoms with Crippen LogP contribution in [0.15, 0.2) is 40.9 Å². The van der Waals surface area contributed by atoms with Gasteiger partial charge in [-0.2, -0.15) is 4.98 Å². The largest absolute Gasteiger partial charge is 0.494 e. The molecule has 180 valence electrons. The number of ether oxygens (including phenoxy) is 4. The van der Waals surface area contributed by atoms with Crippen molar-refractivity contribution in [2.24, 2.45) is 0 Å². The predicted octanol–water partition coefficient (Wildman–Crippen LogP) is 2.55. The Morgan fingerprint density at radius 3 is 2.24 bits per heavy atom. The number of rotatable bonds is 10. The molecule has 0 radical (unpaired) electrons. The first-order valence-electron chi connectivity index (χ1n) is 10.4. The Hall–Kier alpha value is -4.28. The maximum atomic E-state index is 12.5. The number of nitrogens with zero attached hydrogens (tertiary/aromatic N) is 2. The number of carbonyl (C=O) groups excluding carboxylic acids is 2. The lowest BCUT2D eigenvalue weighted by Crippen LogP contribution is -2.41. The molecule has 2 N–H and O–H groups in total. The van der Waals surface area contributed by atoms with Gasteiger partial charge in [0.05, 0.1) is 27.9 Å². The van der Waals surface area contributed by atoms with E-state index in [-0.39, 0.29) is 18.4 Å². The van der Waals surface area contributed by atoms with Gasteiger partial charge in [-0.1, -0.05) is 5.16 Å². The first-order chi connectivity index (χ1) is 16.5. The minimum Gasteiger partial charge on any atom is -0.494 e. The summed E-state index contributed by atoms with van der Waals surface area (Å²) in [5.41, 5.74) is 5.69. The first-order valence-corrected chi connectivity index (χ1v) is 10.4. The minimum atomic E-state index is -0.553. The summed E-state index contributed by atoms with van der Waals surface area (Å²) in [7, 11) is 4.35. The maximum Gasteiger partial charge on any atom is 0.269 e. The fraction of sp³-hybridized carbons (Fsp3) is 0.304. The maximum absolute atomic E-state index is 12.5. The van der Waals surface area contributed by atoms with Crippen LogP contribution in [0.5, 0.6) is 23.0 Å². The molecule has 34 heavy (non-hydrogen) atoms. The molecule has 11 nitrogen and oxygen atoms in total. The van der Waals surface area contributed by atoms with E-state index in [4.69, 9.17) is 23.5 Å². The van der Waals surface area contributed by atoms with Gasteiger partial charge < -0.3 is 23.5 Å². The van der Waals surface area contributed by atoms with Gasteiger partial charge >= 0.3 is 0 Å². The van der Waals surface area contributed by atoms with Crippen LogP contribution in [-0.4, -0.2) is 49.9 Å². The molecule has 11 heteroatoms. The number of aromatic nitrogens is 2. The molecule has 0 aliphatic rings. The van der Waals surface area contributed by atoms with Crippen molar-refractivity contribution in [1.82, 2.24) is 21.0 Å². The molecule has 3 rings (SSSR count). The number of aryl methyl sites for hydroxylation is 1. The van der Waals surface area contributed by atoms with Crippen molar-refractivity contribution in [3.63, 3.8) is 0 Å². The first kappa shape index (κ1) is 24.4. The molecule has 0 fully saturated rings. The highest BCUT2D eigenvalue weighted by Gasteiger charge is 2.18. The van der Waals surface area contributed by atoms with Gasteiger partial charge in [-0.05, 0) is 43.3 Å². The topological polar surface area (TPSA) is 134 Å². The van der Waals surface area contributed by atoms with E-state index < -0.39 is 11.8 Å². The Morgan fingerprint density at radius 1 is 0.971 bits per heavy atom. The summed E-state index contributed by atoms with van der Waals surface area (Å²) in [5, 5.41) is 3.94. The Morgan fingerprint density at radius 2 is 1.65 bits per heavy atom. The van der Waals surface area contributed by atoms with Gasteiger partial charge in [-0.3, -0.25) is 20.4 Å². The molecule has 0 atom stereocenters. The molecule has 0 saturated carbocycles. The van der Waals surface area contributed by atoms with Crippen molar-refractivity contribution in [1.29, 1.82) is 0 Å². The molecular weight excluding hydrogens is 444 g/mol. The zero-order valence-electron chi connectivity index (χ0n) is 19.3. The third kappa shape index (κ3) is 5.94. The number of nitrogens with one attached hydrogen (secondary N) is 2. The average molecular weight is 470 g/mol. The van der Waals surface area contributed by atoms with Crippen LogP contribution in [0.3, 0.4) is 0 Å². The standard InChI is InChI=1S/C23H26N4O7/c1-5-33-16-8-6-14(7-9-16)22-24-20(34-27-22)11-10-19(28)25-26-23(29)15-12-17(30-2)21(32-4)18(13-15)31-3/h6-9,12-13H,5,10-11H2,1-4H3,(H,25,28)(H,26,29). The Kier molecular flexibility index (Phi) is 8.27. The van der Waals surface area contributed by atoms with Gasteiger partial charge in [0.1, 0.15) is 5.75 Å². The molecule has 2 aromatic carbocycles. The fourth-order valence-corrected chi connectivity index (χ4v) is 3.03. The molecule has 0 aliphatic carbocycles. The molecule has 0 bridgehead atoms. The van der Waals surface area contributed by atoms with Crippen LogP contribution in [0.2, 0.25) is 0 Å². The number of methoxy groups -OCH3 is 3. The van der Waals surface area contributed by atoms with E-state index in [1.165, 1.54) is 33.5 Å². The van der Waals surface area contributed by atoms with E-state index >= 15 is 0 Å². The summed E-state index contributed by atoms with van der Waals surface area (Å²) in [4.78, 5) is 28.9. The third-order valence-corrected chi connectivity index (χ3v) is 4.70. The summed E-state index contributed by atoms with van der Waals surface area (Å²) in [5.74, 6) is 1.47. The van der Waals surface area contributed by atoms with Crippen molar-refractivity contribution < 1.29 is 33.1 Å². The second kappa shape index (κ2) is 11.5. The SMILES string of the molecule is CCOc1ccc(-c2noc(CCC(=O)NNC(=O)c3cc(OC)c(OC)c(OC)c3)n2)cc1. The zero-order valence-corrected chi connectivity index (χ0v) is 19.3. The van der Waals surface area contributed by atoms with E-state index in [0.29, 0.717) is 35.6 Å². The van der Waals surface area contributed by atoms with Crippen molar-refractivity contribution >= 4 is 11.8 Å². The number of hydrogen-bond donors (Lipinski definition) is 2. The van der Waals surface area contributed by atoms with Gasteiger partial charge in [0, 0.05) is 24.0 Å². The lowest BCUT2D eigenvalue weighted by Gasteiger charge is -2.14. The number of hydrazine groups is 1. The molecule has 1 heterocycles. The highest BCUT2D eigenvalue weighted by Crippen LogP contribution is 2.38. The number of benzene rings is 2. The van der Waals surface area contributed by atoms with Crippen LogP contribution >= 0.6 is 0 Å². The predicted molar refractivity (Wildman–Crippen MR) is 121 cm³/mol. The normalized spacial score (nSPS) is 10.4. The van der Waals surface area contributed by atoms with Crippen molar-refractivity contribution in [2.75, 3.05) is 27.9 Å². The van der Waals surface area contributed by atoms with Crippen LogP contribution in [-0.2, 0) is 11.2 Å². The van der Waals surface area contributed by atoms with Crippen LogP contribution in [0.4, 0.5) is 0 Å². The molecule has 0 spiro atoms. The zero-order chi connectivity index (χ0) is 24.5. The number of amides is 2. The lowest BCUT2D eigenvalue weighted by molar-refractivity contribution is -0.121. The Labute approximate surface area is 196 Å². The molecule has 1 aromatic heterocycles. The highest BCUT2D eigenvalue weighted by atomic mass is 16.5. The Bertz CT molecular complexity index is 1100. The molecule has 0 aliphatic heterocycles. The van der Waals surface area contributed by atoms with E-state index in [0.717, 1.165) is 11.3 Å². The Balaban J connectivity index is 1.53. The molecule has 2 amide bonds. The summed E-state index contributed by atoms with van der Waals surface area (Å²) in [6.07, 6.45) is 0.233. The van der Waals surface area contributed by atoms with E-state index in [9.17, 15) is 9.59 Å². The van der Waals surface area contributed by atoms with Crippen molar-refractivity contribution in [3.05, 3.63) is 47.9 Å². The van der Waals surface area contributed by atoms with Gasteiger partial charge in [0.15, 0.2) is 11.5 Å². The van der Waals surface area contributed by atoms with Crippen LogP contribution in [0.1, 0.15) is 29.6 Å². The van der Waals surface area contributed by atoms with Gasteiger partial charge in [0.2, 0.25) is 23.4 Å². The third-order valence-electron chi connectivity index (χ3n) is 4.70. The average Bonchev–Trinajstić information content (AvgIpc) is 3.34. The smallest absolute Gasteiger partial charge is 0.269 e. The monoisotopic (exact) mass is 470 g/mol. The summed E-state index contributed by atoms with van der Waals surface area (Å²) in [6, 6.07) is 10.2. The van der Waals surface area contributed by atoms with Gasteiger partial charge in [0.25, 0.3) is 5.91 Å². The van der Waals surface area contributed by atoms with Crippen molar-refractivity contribution in [3.8, 4) is 34.4 Å². The second-order valence-electron chi connectivity index (χ2n) is 6.89. The summed E-state index contributed by atoms with van der Waals surface area (Å²) < 4.78 is 26.3. The second-order valence-corrected chi connectivity index (χ2v) is 6.89. The van der Waals surface area contributed by atoms with Crippen molar-refractivity contribution in [2.45, 2.75) is 19.8 Å². The molecule has 0 saturated heterocycles. The summed E-state index contributed by atoms with van der Waals surface area (Å²) >= 11 is 0. The van der Waals surface area contributed by atoms with E-state index in [1.807, 2.05) is 31.2 Å². The fourth-order valence-electron chi connectivity index (χ4n) is 3.03. The molecule has 3 aromatic rings. The number of carbonyl (C=O) groups is 2. The number of hydrogen-bond acceptors (Lipinski definition) is 9. The minimum absolute atomic E-state index is 0.0282. The van der Waals surface area contributed by atoms with Crippen LogP contribution in [0, 0.1) is 0 Å². The van der Waals surface area contributed by atoms with E-state index in [2.05, 4.69) is 21.0 Å². The van der Waals surface area contributed by atoms with Crippen LogP contribution < -0.4 is 29.8 Å². The highest BCUT2D eigenvalue weighted by molar-refractivity contribution is 5.96. The quantitative estimate of drug-likeness (QED) is 0.429. The lowest BCUT2D eigenvalue weighted by atomic mass is 10.1. The molecule has 0 unspecified atom stereocenters. The van der Waals surface area contributed by atoms with Crippen LogP contribution in [0.25, 0.3) is 11.4 Å². The molecular formula is C23H26N4O7.